The van der Waals surface area contributed by atoms with Crippen LogP contribution >= 0.6 is 15.9 Å². The highest BCUT2D eigenvalue weighted by atomic mass is 79.9. The van der Waals surface area contributed by atoms with Gasteiger partial charge in [-0.2, -0.15) is 0 Å². The first-order chi connectivity index (χ1) is 6.17. The number of benzene rings is 1. The molecule has 0 fully saturated rings. The summed E-state index contributed by atoms with van der Waals surface area (Å²) in [6.45, 7) is 2.07. The van der Waals surface area contributed by atoms with Gasteiger partial charge in [0.2, 0.25) is 0 Å². The summed E-state index contributed by atoms with van der Waals surface area (Å²) in [5.74, 6) is 0.841. The van der Waals surface area contributed by atoms with Gasteiger partial charge in [-0.25, -0.2) is 0 Å². The summed E-state index contributed by atoms with van der Waals surface area (Å²) in [5.41, 5.74) is 7.02. The van der Waals surface area contributed by atoms with E-state index < -0.39 is 0 Å². The fourth-order valence-electron chi connectivity index (χ4n) is 1.15. The van der Waals surface area contributed by atoms with Crippen molar-refractivity contribution in [3.05, 3.63) is 28.2 Å². The largest absolute Gasteiger partial charge is 0.497 e. The highest BCUT2D eigenvalue weighted by Crippen LogP contribution is 2.25. The minimum absolute atomic E-state index is 0.0893. The van der Waals surface area contributed by atoms with Crippen LogP contribution in [-0.2, 0) is 0 Å². The van der Waals surface area contributed by atoms with Crippen LogP contribution in [-0.4, -0.2) is 7.11 Å². The molecule has 0 saturated carbocycles. The molecule has 2 N–H and O–H groups in total. The Balaban J connectivity index is 3.01. The fraction of sp³-hybridized carbons (Fsp3) is 0.400. The van der Waals surface area contributed by atoms with Crippen LogP contribution in [0.2, 0.25) is 0 Å². The van der Waals surface area contributed by atoms with Crippen molar-refractivity contribution in [2.75, 3.05) is 7.11 Å². The van der Waals surface area contributed by atoms with Crippen molar-refractivity contribution in [1.82, 2.24) is 0 Å². The lowest BCUT2D eigenvalue weighted by Crippen LogP contribution is -2.08. The predicted octanol–water partition coefficient (Wildman–Crippen LogP) is 2.87. The van der Waals surface area contributed by atoms with Crippen LogP contribution in [0.4, 0.5) is 0 Å². The van der Waals surface area contributed by atoms with E-state index in [9.17, 15) is 0 Å². The van der Waals surface area contributed by atoms with Crippen molar-refractivity contribution < 1.29 is 4.74 Å². The van der Waals surface area contributed by atoms with Gasteiger partial charge in [-0.05, 0) is 30.2 Å². The van der Waals surface area contributed by atoms with Gasteiger partial charge < -0.3 is 10.5 Å². The predicted molar refractivity (Wildman–Crippen MR) is 57.9 cm³/mol. The maximum Gasteiger partial charge on any atom is 0.120 e. The molecular weight excluding hydrogens is 230 g/mol. The average molecular weight is 244 g/mol. The number of methoxy groups -OCH3 is 1. The molecule has 0 bridgehead atoms. The van der Waals surface area contributed by atoms with Crippen LogP contribution in [0, 0.1) is 0 Å². The zero-order valence-electron chi connectivity index (χ0n) is 7.88. The van der Waals surface area contributed by atoms with E-state index in [1.807, 2.05) is 18.2 Å². The van der Waals surface area contributed by atoms with E-state index in [0.29, 0.717) is 0 Å². The minimum atomic E-state index is 0.0893. The second kappa shape index (κ2) is 4.63. The van der Waals surface area contributed by atoms with Crippen LogP contribution in [0.3, 0.4) is 0 Å². The van der Waals surface area contributed by atoms with E-state index >= 15 is 0 Å². The van der Waals surface area contributed by atoms with Crippen LogP contribution in [0.5, 0.6) is 5.75 Å². The van der Waals surface area contributed by atoms with Crippen molar-refractivity contribution in [2.24, 2.45) is 5.73 Å². The Hall–Kier alpha value is -0.540. The number of nitrogens with two attached hydrogens (primary N) is 1. The lowest BCUT2D eigenvalue weighted by Gasteiger charge is -2.11. The molecule has 3 heteroatoms. The summed E-state index contributed by atoms with van der Waals surface area (Å²) >= 11 is 3.42. The standard InChI is InChI=1S/C10H14BrNO/c1-3-10(12)7-4-8(11)6-9(5-7)13-2/h4-6,10H,3,12H2,1-2H3. The zero-order valence-corrected chi connectivity index (χ0v) is 9.47. The van der Waals surface area contributed by atoms with Crippen molar-refractivity contribution in [2.45, 2.75) is 19.4 Å². The van der Waals surface area contributed by atoms with Crippen LogP contribution in [0.25, 0.3) is 0 Å². The third-order valence-electron chi connectivity index (χ3n) is 2.00. The molecule has 0 saturated heterocycles. The molecule has 0 amide bonds. The smallest absolute Gasteiger partial charge is 0.120 e. The summed E-state index contributed by atoms with van der Waals surface area (Å²) in [6.07, 6.45) is 0.930. The summed E-state index contributed by atoms with van der Waals surface area (Å²) in [5, 5.41) is 0. The molecule has 13 heavy (non-hydrogen) atoms. The molecule has 0 aromatic heterocycles. The SMILES string of the molecule is CCC(N)c1cc(Br)cc(OC)c1. The number of hydrogen-bond acceptors (Lipinski definition) is 2. The van der Waals surface area contributed by atoms with Gasteiger partial charge in [-0.3, -0.25) is 0 Å². The van der Waals surface area contributed by atoms with Crippen molar-refractivity contribution in [3.63, 3.8) is 0 Å². The Morgan fingerprint density at radius 2 is 2.15 bits per heavy atom. The summed E-state index contributed by atoms with van der Waals surface area (Å²) < 4.78 is 6.15. The molecular formula is C10H14BrNO. The normalized spacial score (nSPS) is 12.6. The molecule has 2 nitrogen and oxygen atoms in total. The van der Waals surface area contributed by atoms with Crippen LogP contribution < -0.4 is 10.5 Å². The Labute approximate surface area is 87.2 Å². The number of ether oxygens (including phenoxy) is 1. The molecule has 1 rings (SSSR count). The molecule has 1 unspecified atom stereocenters. The van der Waals surface area contributed by atoms with Gasteiger partial charge in [0.05, 0.1) is 7.11 Å². The molecule has 1 aromatic rings. The molecule has 0 radical (unpaired) electrons. The van der Waals surface area contributed by atoms with E-state index in [1.54, 1.807) is 7.11 Å². The van der Waals surface area contributed by atoms with E-state index in [2.05, 4.69) is 22.9 Å². The molecule has 1 aromatic carbocycles. The molecule has 0 aliphatic rings. The van der Waals surface area contributed by atoms with E-state index in [4.69, 9.17) is 10.5 Å². The van der Waals surface area contributed by atoms with Gasteiger partial charge >= 0.3 is 0 Å². The lowest BCUT2D eigenvalue weighted by molar-refractivity contribution is 0.413. The highest BCUT2D eigenvalue weighted by molar-refractivity contribution is 9.10. The first-order valence-electron chi connectivity index (χ1n) is 4.27. The molecule has 0 spiro atoms. The maximum atomic E-state index is 5.91. The Morgan fingerprint density at radius 3 is 2.69 bits per heavy atom. The second-order valence-corrected chi connectivity index (χ2v) is 3.85. The topological polar surface area (TPSA) is 35.2 Å². The number of hydrogen-bond donors (Lipinski definition) is 1. The summed E-state index contributed by atoms with van der Waals surface area (Å²) in [6, 6.07) is 6.01. The first kappa shape index (κ1) is 10.5. The van der Waals surface area contributed by atoms with Crippen molar-refractivity contribution >= 4 is 15.9 Å². The zero-order chi connectivity index (χ0) is 9.84. The van der Waals surface area contributed by atoms with Crippen LogP contribution in [0.1, 0.15) is 24.9 Å². The minimum Gasteiger partial charge on any atom is -0.497 e. The number of halogens is 1. The molecule has 0 aliphatic carbocycles. The fourth-order valence-corrected chi connectivity index (χ4v) is 1.64. The molecule has 72 valence electrons. The third-order valence-corrected chi connectivity index (χ3v) is 2.46. The van der Waals surface area contributed by atoms with Crippen molar-refractivity contribution in [3.8, 4) is 5.75 Å². The Kier molecular flexibility index (Phi) is 3.75. The van der Waals surface area contributed by atoms with Crippen molar-refractivity contribution in [1.29, 1.82) is 0 Å². The molecule has 0 aliphatic heterocycles. The van der Waals surface area contributed by atoms with Gasteiger partial charge in [0.1, 0.15) is 5.75 Å². The Bertz CT molecular complexity index is 288. The highest BCUT2D eigenvalue weighted by Gasteiger charge is 2.05. The molecule has 1 atom stereocenters. The van der Waals surface area contributed by atoms with Crippen LogP contribution in [0.15, 0.2) is 22.7 Å². The monoisotopic (exact) mass is 243 g/mol. The van der Waals surface area contributed by atoms with Gasteiger partial charge in [0, 0.05) is 10.5 Å². The van der Waals surface area contributed by atoms with Gasteiger partial charge in [-0.15, -0.1) is 0 Å². The summed E-state index contributed by atoms with van der Waals surface area (Å²) in [4.78, 5) is 0. The third kappa shape index (κ3) is 2.71. The quantitative estimate of drug-likeness (QED) is 0.887. The molecule has 0 heterocycles. The number of rotatable bonds is 3. The van der Waals surface area contributed by atoms with E-state index in [-0.39, 0.29) is 6.04 Å². The van der Waals surface area contributed by atoms with Gasteiger partial charge in [-0.1, -0.05) is 22.9 Å². The van der Waals surface area contributed by atoms with Gasteiger partial charge in [0.25, 0.3) is 0 Å². The maximum absolute atomic E-state index is 5.91. The van der Waals surface area contributed by atoms with E-state index in [0.717, 1.165) is 22.2 Å². The average Bonchev–Trinajstić information content (AvgIpc) is 2.15. The summed E-state index contributed by atoms with van der Waals surface area (Å²) in [7, 11) is 1.66. The second-order valence-electron chi connectivity index (χ2n) is 2.94. The Morgan fingerprint density at radius 1 is 1.46 bits per heavy atom. The lowest BCUT2D eigenvalue weighted by atomic mass is 10.1. The van der Waals surface area contributed by atoms with Gasteiger partial charge in [0.15, 0.2) is 0 Å². The van der Waals surface area contributed by atoms with E-state index in [1.165, 1.54) is 0 Å². The first-order valence-corrected chi connectivity index (χ1v) is 5.06.